The van der Waals surface area contributed by atoms with E-state index in [0.717, 1.165) is 0 Å². The third-order valence-corrected chi connectivity index (χ3v) is 2.63. The Morgan fingerprint density at radius 2 is 1.60 bits per heavy atom. The molecule has 0 unspecified atom stereocenters. The molecule has 0 saturated heterocycles. The van der Waals surface area contributed by atoms with Crippen LogP contribution in [0.4, 0.5) is 25.0 Å². The molecule has 0 radical (unpaired) electrons. The minimum absolute atomic E-state index is 0.0426. The number of carbonyl (C=O) groups is 1. The van der Waals surface area contributed by atoms with E-state index in [1.165, 1.54) is 42.5 Å². The number of amides is 2. The van der Waals surface area contributed by atoms with Gasteiger partial charge in [0.1, 0.15) is 11.6 Å². The smallest absolute Gasteiger partial charge is 0.323 e. The van der Waals surface area contributed by atoms with E-state index in [-0.39, 0.29) is 12.4 Å². The molecule has 104 valence electrons. The number of nitrogens with one attached hydrogen (secondary N) is 2. The molecule has 0 aliphatic heterocycles. The molecule has 0 aliphatic carbocycles. The lowest BCUT2D eigenvalue weighted by atomic mass is 10.2. The zero-order valence-electron chi connectivity index (χ0n) is 10.5. The maximum Gasteiger partial charge on any atom is 0.323 e. The molecule has 2 amide bonds. The molecule has 0 fully saturated rings. The van der Waals surface area contributed by atoms with Gasteiger partial charge in [-0.3, -0.25) is 0 Å². The number of urea groups is 1. The Bertz CT molecular complexity index is 614. The molecule has 0 bridgehead atoms. The second kappa shape index (κ2) is 6.12. The molecular weight excluding hydrogens is 264 g/mol. The minimum Gasteiger partial charge on any atom is -0.326 e. The van der Waals surface area contributed by atoms with Crippen LogP contribution in [0.2, 0.25) is 0 Å². The van der Waals surface area contributed by atoms with E-state index in [0.29, 0.717) is 16.9 Å². The Morgan fingerprint density at radius 1 is 1.00 bits per heavy atom. The van der Waals surface area contributed by atoms with Crippen molar-refractivity contribution >= 4 is 17.4 Å². The van der Waals surface area contributed by atoms with Crippen LogP contribution < -0.4 is 16.4 Å². The molecule has 20 heavy (non-hydrogen) atoms. The minimum atomic E-state index is -0.508. The van der Waals surface area contributed by atoms with Gasteiger partial charge in [0, 0.05) is 23.5 Å². The number of benzene rings is 2. The van der Waals surface area contributed by atoms with Crippen molar-refractivity contribution in [3.8, 4) is 0 Å². The molecule has 2 aromatic rings. The predicted octanol–water partition coefficient (Wildman–Crippen LogP) is 3.07. The van der Waals surface area contributed by atoms with Gasteiger partial charge in [-0.1, -0.05) is 0 Å². The van der Waals surface area contributed by atoms with Gasteiger partial charge < -0.3 is 16.4 Å². The summed E-state index contributed by atoms with van der Waals surface area (Å²) in [5.41, 5.74) is 6.57. The summed E-state index contributed by atoms with van der Waals surface area (Å²) in [5, 5.41) is 5.07. The average Bonchev–Trinajstić information content (AvgIpc) is 2.43. The summed E-state index contributed by atoms with van der Waals surface area (Å²) < 4.78 is 26.0. The van der Waals surface area contributed by atoms with Crippen molar-refractivity contribution in [3.05, 3.63) is 59.7 Å². The number of hydrogen-bond acceptors (Lipinski definition) is 2. The molecule has 4 N–H and O–H groups in total. The van der Waals surface area contributed by atoms with Crippen LogP contribution in [0.5, 0.6) is 0 Å². The molecule has 0 aliphatic rings. The van der Waals surface area contributed by atoms with Crippen molar-refractivity contribution in [2.45, 2.75) is 6.54 Å². The fourth-order valence-electron chi connectivity index (χ4n) is 1.64. The average molecular weight is 277 g/mol. The van der Waals surface area contributed by atoms with Crippen molar-refractivity contribution in [2.75, 3.05) is 10.6 Å². The van der Waals surface area contributed by atoms with Crippen LogP contribution in [-0.4, -0.2) is 6.03 Å². The second-order valence-corrected chi connectivity index (χ2v) is 4.10. The van der Waals surface area contributed by atoms with E-state index in [4.69, 9.17) is 5.73 Å². The molecule has 0 aromatic heterocycles. The summed E-state index contributed by atoms with van der Waals surface area (Å²) in [6.07, 6.45) is 0. The molecule has 4 nitrogen and oxygen atoms in total. The summed E-state index contributed by atoms with van der Waals surface area (Å²) >= 11 is 0. The number of anilines is 2. The first-order chi connectivity index (χ1) is 9.58. The van der Waals surface area contributed by atoms with Crippen molar-refractivity contribution < 1.29 is 13.6 Å². The van der Waals surface area contributed by atoms with Crippen molar-refractivity contribution in [2.24, 2.45) is 5.73 Å². The van der Waals surface area contributed by atoms with Crippen molar-refractivity contribution in [3.63, 3.8) is 0 Å². The van der Waals surface area contributed by atoms with Crippen LogP contribution in [0.15, 0.2) is 42.5 Å². The first-order valence-electron chi connectivity index (χ1n) is 5.90. The Morgan fingerprint density at radius 3 is 2.25 bits per heavy atom. The highest BCUT2D eigenvalue weighted by Gasteiger charge is 2.06. The maximum absolute atomic E-state index is 13.2. The van der Waals surface area contributed by atoms with Crippen LogP contribution >= 0.6 is 0 Å². The second-order valence-electron chi connectivity index (χ2n) is 4.10. The van der Waals surface area contributed by atoms with Gasteiger partial charge in [0.15, 0.2) is 0 Å². The summed E-state index contributed by atoms with van der Waals surface area (Å²) in [7, 11) is 0. The van der Waals surface area contributed by atoms with Gasteiger partial charge in [-0.05, 0) is 42.5 Å². The zero-order chi connectivity index (χ0) is 14.5. The third kappa shape index (κ3) is 3.52. The molecule has 0 heterocycles. The highest BCUT2D eigenvalue weighted by molar-refractivity contribution is 5.99. The van der Waals surface area contributed by atoms with Crippen LogP contribution in [0.3, 0.4) is 0 Å². The fourth-order valence-corrected chi connectivity index (χ4v) is 1.64. The fraction of sp³-hybridized carbons (Fsp3) is 0.0714. The Labute approximate surface area is 114 Å². The van der Waals surface area contributed by atoms with Gasteiger partial charge in [0.25, 0.3) is 0 Å². The Kier molecular flexibility index (Phi) is 4.27. The topological polar surface area (TPSA) is 67.1 Å². The van der Waals surface area contributed by atoms with Crippen molar-refractivity contribution in [1.82, 2.24) is 0 Å². The first kappa shape index (κ1) is 14.0. The van der Waals surface area contributed by atoms with E-state index < -0.39 is 11.8 Å². The van der Waals surface area contributed by atoms with Crippen LogP contribution in [0, 0.1) is 11.6 Å². The third-order valence-electron chi connectivity index (χ3n) is 2.63. The SMILES string of the molecule is NCc1cc(NC(=O)Nc2ccc(F)cc2)ccc1F. The molecule has 0 spiro atoms. The van der Waals surface area contributed by atoms with Gasteiger partial charge in [-0.2, -0.15) is 0 Å². The van der Waals surface area contributed by atoms with Crippen LogP contribution in [-0.2, 0) is 6.54 Å². The summed E-state index contributed by atoms with van der Waals surface area (Å²) in [4.78, 5) is 11.7. The van der Waals surface area contributed by atoms with Crippen LogP contribution in [0.1, 0.15) is 5.56 Å². The molecule has 2 aromatic carbocycles. The van der Waals surface area contributed by atoms with Gasteiger partial charge in [0.2, 0.25) is 0 Å². The molecule has 0 saturated carbocycles. The molecular formula is C14H13F2N3O. The van der Waals surface area contributed by atoms with Gasteiger partial charge in [0.05, 0.1) is 0 Å². The summed E-state index contributed by atoms with van der Waals surface area (Å²) in [6.45, 7) is 0.0426. The lowest BCUT2D eigenvalue weighted by Gasteiger charge is -2.09. The van der Waals surface area contributed by atoms with E-state index in [1.807, 2.05) is 0 Å². The largest absolute Gasteiger partial charge is 0.326 e. The monoisotopic (exact) mass is 277 g/mol. The van der Waals surface area contributed by atoms with Gasteiger partial charge >= 0.3 is 6.03 Å². The Hall–Kier alpha value is -2.47. The summed E-state index contributed by atoms with van der Waals surface area (Å²) in [6, 6.07) is 8.95. The lowest BCUT2D eigenvalue weighted by Crippen LogP contribution is -2.19. The molecule has 6 heteroatoms. The number of carbonyl (C=O) groups excluding carboxylic acids is 1. The number of rotatable bonds is 3. The number of halogens is 2. The van der Waals surface area contributed by atoms with E-state index >= 15 is 0 Å². The summed E-state index contributed by atoms with van der Waals surface area (Å²) in [5.74, 6) is -0.806. The standard InChI is InChI=1S/C14H13F2N3O/c15-10-1-3-11(4-2-10)18-14(20)19-12-5-6-13(16)9(7-12)8-17/h1-7H,8,17H2,(H2,18,19,20). The maximum atomic E-state index is 13.2. The van der Waals surface area contributed by atoms with Gasteiger partial charge in [-0.15, -0.1) is 0 Å². The normalized spacial score (nSPS) is 10.2. The van der Waals surface area contributed by atoms with Gasteiger partial charge in [-0.25, -0.2) is 13.6 Å². The van der Waals surface area contributed by atoms with Crippen LogP contribution in [0.25, 0.3) is 0 Å². The van der Waals surface area contributed by atoms with E-state index in [9.17, 15) is 13.6 Å². The van der Waals surface area contributed by atoms with Crippen molar-refractivity contribution in [1.29, 1.82) is 0 Å². The molecule has 2 rings (SSSR count). The zero-order valence-corrected chi connectivity index (χ0v) is 10.5. The quantitative estimate of drug-likeness (QED) is 0.807. The number of hydrogen-bond donors (Lipinski definition) is 3. The Balaban J connectivity index is 2.02. The van der Waals surface area contributed by atoms with E-state index in [2.05, 4.69) is 10.6 Å². The molecule has 0 atom stereocenters. The first-order valence-corrected chi connectivity index (χ1v) is 5.90. The predicted molar refractivity (Wildman–Crippen MR) is 73.3 cm³/mol. The van der Waals surface area contributed by atoms with E-state index in [1.54, 1.807) is 0 Å². The highest BCUT2D eigenvalue weighted by Crippen LogP contribution is 2.15. The number of nitrogens with two attached hydrogens (primary N) is 1. The highest BCUT2D eigenvalue weighted by atomic mass is 19.1. The lowest BCUT2D eigenvalue weighted by molar-refractivity contribution is 0.262.